The van der Waals surface area contributed by atoms with Gasteiger partial charge < -0.3 is 9.80 Å². The SMILES string of the molecule is FC(F)(F)c1cccc(-c2ccc(N3CCC4(CC3)CCN(C3CCC3)CC4)nn2)c1. The van der Waals surface area contributed by atoms with Crippen molar-refractivity contribution in [3.05, 3.63) is 42.0 Å². The number of alkyl halides is 3. The Hall–Kier alpha value is -2.15. The summed E-state index contributed by atoms with van der Waals surface area (Å²) < 4.78 is 38.9. The normalized spacial score (nSPS) is 22.5. The van der Waals surface area contributed by atoms with E-state index >= 15 is 0 Å². The monoisotopic (exact) mass is 430 g/mol. The number of benzene rings is 1. The summed E-state index contributed by atoms with van der Waals surface area (Å²) in [4.78, 5) is 4.98. The molecule has 1 saturated carbocycles. The van der Waals surface area contributed by atoms with E-state index in [1.54, 1.807) is 12.1 Å². The summed E-state index contributed by atoms with van der Waals surface area (Å²) >= 11 is 0. The Labute approximate surface area is 181 Å². The van der Waals surface area contributed by atoms with Gasteiger partial charge in [-0.05, 0) is 81.3 Å². The molecule has 2 saturated heterocycles. The third-order valence-electron chi connectivity index (χ3n) is 7.73. The maximum Gasteiger partial charge on any atom is 0.416 e. The molecule has 1 aromatic carbocycles. The highest BCUT2D eigenvalue weighted by molar-refractivity contribution is 5.61. The fourth-order valence-corrected chi connectivity index (χ4v) is 5.33. The van der Waals surface area contributed by atoms with Crippen LogP contribution in [0.25, 0.3) is 11.3 Å². The standard InChI is InChI=1S/C24H29F3N4/c25-24(26,27)19-4-1-3-18(17-19)21-7-8-22(29-28-21)31-15-11-23(12-16-31)9-13-30(14-10-23)20-5-2-6-20/h1,3-4,7-8,17,20H,2,5-6,9-16H2. The van der Waals surface area contributed by atoms with Crippen molar-refractivity contribution in [2.75, 3.05) is 31.1 Å². The number of nitrogens with zero attached hydrogens (tertiary/aromatic N) is 4. The number of piperidine rings is 2. The van der Waals surface area contributed by atoms with Crippen LogP contribution in [0.2, 0.25) is 0 Å². The Bertz CT molecular complexity index is 890. The van der Waals surface area contributed by atoms with Crippen LogP contribution in [0.15, 0.2) is 36.4 Å². The van der Waals surface area contributed by atoms with Crippen LogP contribution in [0.3, 0.4) is 0 Å². The lowest BCUT2D eigenvalue weighted by molar-refractivity contribution is -0.137. The van der Waals surface area contributed by atoms with E-state index in [1.807, 2.05) is 6.07 Å². The topological polar surface area (TPSA) is 32.3 Å². The van der Waals surface area contributed by atoms with Crippen molar-refractivity contribution in [3.8, 4) is 11.3 Å². The number of aromatic nitrogens is 2. The number of anilines is 1. The molecule has 7 heteroatoms. The fourth-order valence-electron chi connectivity index (χ4n) is 5.33. The first-order chi connectivity index (χ1) is 14.9. The quantitative estimate of drug-likeness (QED) is 0.653. The van der Waals surface area contributed by atoms with Gasteiger partial charge >= 0.3 is 6.18 Å². The average Bonchev–Trinajstić information content (AvgIpc) is 2.75. The second-order valence-electron chi connectivity index (χ2n) is 9.46. The molecule has 0 atom stereocenters. The van der Waals surface area contributed by atoms with Crippen molar-refractivity contribution in [1.82, 2.24) is 15.1 Å². The average molecular weight is 431 g/mol. The number of rotatable bonds is 3. The summed E-state index contributed by atoms with van der Waals surface area (Å²) in [5.41, 5.74) is 0.708. The molecule has 3 aliphatic rings. The molecule has 0 radical (unpaired) electrons. The summed E-state index contributed by atoms with van der Waals surface area (Å²) in [7, 11) is 0. The minimum Gasteiger partial charge on any atom is -0.355 e. The first kappa shape index (κ1) is 20.7. The minimum atomic E-state index is -4.36. The van der Waals surface area contributed by atoms with E-state index in [9.17, 15) is 13.2 Å². The summed E-state index contributed by atoms with van der Waals surface area (Å²) in [6.45, 7) is 4.44. The molecule has 3 fully saturated rings. The highest BCUT2D eigenvalue weighted by Gasteiger charge is 2.40. The molecule has 1 aliphatic carbocycles. The Morgan fingerprint density at radius 2 is 1.58 bits per heavy atom. The smallest absolute Gasteiger partial charge is 0.355 e. The lowest BCUT2D eigenvalue weighted by Crippen LogP contribution is -2.51. The summed E-state index contributed by atoms with van der Waals surface area (Å²) in [5, 5.41) is 8.58. The van der Waals surface area contributed by atoms with E-state index in [0.717, 1.165) is 37.1 Å². The predicted octanol–water partition coefficient (Wildman–Crippen LogP) is 5.40. The van der Waals surface area contributed by atoms with Crippen LogP contribution in [0.4, 0.5) is 19.0 Å². The van der Waals surface area contributed by atoms with Gasteiger partial charge in [-0.1, -0.05) is 18.6 Å². The van der Waals surface area contributed by atoms with Crippen LogP contribution in [0.1, 0.15) is 50.5 Å². The van der Waals surface area contributed by atoms with E-state index in [4.69, 9.17) is 0 Å². The zero-order valence-corrected chi connectivity index (χ0v) is 17.7. The van der Waals surface area contributed by atoms with Crippen molar-refractivity contribution in [1.29, 1.82) is 0 Å². The molecule has 0 amide bonds. The van der Waals surface area contributed by atoms with E-state index in [-0.39, 0.29) is 0 Å². The minimum absolute atomic E-state index is 0.435. The van der Waals surface area contributed by atoms with Gasteiger partial charge in [-0.25, -0.2) is 0 Å². The molecule has 0 bridgehead atoms. The van der Waals surface area contributed by atoms with Crippen LogP contribution in [0, 0.1) is 5.41 Å². The largest absolute Gasteiger partial charge is 0.416 e. The molecule has 5 rings (SSSR count). The Morgan fingerprint density at radius 1 is 0.871 bits per heavy atom. The van der Waals surface area contributed by atoms with Gasteiger partial charge in [-0.3, -0.25) is 0 Å². The van der Waals surface area contributed by atoms with Crippen molar-refractivity contribution in [2.24, 2.45) is 5.41 Å². The van der Waals surface area contributed by atoms with Gasteiger partial charge in [0.15, 0.2) is 5.82 Å². The zero-order valence-electron chi connectivity index (χ0n) is 17.7. The summed E-state index contributed by atoms with van der Waals surface area (Å²) in [6, 6.07) is 9.77. The van der Waals surface area contributed by atoms with Crippen LogP contribution in [-0.2, 0) is 6.18 Å². The Kier molecular flexibility index (Phi) is 5.40. The number of likely N-dealkylation sites (tertiary alicyclic amines) is 1. The third-order valence-corrected chi connectivity index (χ3v) is 7.73. The lowest BCUT2D eigenvalue weighted by atomic mass is 9.70. The van der Waals surface area contributed by atoms with Gasteiger partial charge in [-0.15, -0.1) is 10.2 Å². The van der Waals surface area contributed by atoms with E-state index in [1.165, 1.54) is 64.1 Å². The molecule has 0 unspecified atom stereocenters. The molecule has 31 heavy (non-hydrogen) atoms. The lowest BCUT2D eigenvalue weighted by Gasteiger charge is -2.50. The van der Waals surface area contributed by atoms with Crippen LogP contribution in [0.5, 0.6) is 0 Å². The first-order valence-electron chi connectivity index (χ1n) is 11.4. The maximum absolute atomic E-state index is 13.0. The van der Waals surface area contributed by atoms with Crippen LogP contribution >= 0.6 is 0 Å². The van der Waals surface area contributed by atoms with Crippen molar-refractivity contribution in [3.63, 3.8) is 0 Å². The van der Waals surface area contributed by atoms with E-state index < -0.39 is 11.7 Å². The molecular formula is C24H29F3N4. The van der Waals surface area contributed by atoms with Gasteiger partial charge in [0.2, 0.25) is 0 Å². The van der Waals surface area contributed by atoms with Gasteiger partial charge in [0.25, 0.3) is 0 Å². The van der Waals surface area contributed by atoms with Crippen molar-refractivity contribution < 1.29 is 13.2 Å². The molecule has 166 valence electrons. The fraction of sp³-hybridized carbons (Fsp3) is 0.583. The summed E-state index contributed by atoms with van der Waals surface area (Å²) in [5.74, 6) is 0.817. The molecule has 2 aliphatic heterocycles. The second kappa shape index (κ2) is 8.08. The second-order valence-corrected chi connectivity index (χ2v) is 9.46. The zero-order chi connectivity index (χ0) is 21.5. The van der Waals surface area contributed by atoms with Gasteiger partial charge in [-0.2, -0.15) is 13.2 Å². The summed E-state index contributed by atoms with van der Waals surface area (Å²) in [6.07, 6.45) is 4.78. The molecule has 4 nitrogen and oxygen atoms in total. The molecule has 2 aromatic rings. The van der Waals surface area contributed by atoms with E-state index in [2.05, 4.69) is 20.0 Å². The maximum atomic E-state index is 13.0. The van der Waals surface area contributed by atoms with Gasteiger partial charge in [0.1, 0.15) is 0 Å². The molecule has 3 heterocycles. The molecular weight excluding hydrogens is 401 g/mol. The van der Waals surface area contributed by atoms with Crippen molar-refractivity contribution in [2.45, 2.75) is 57.2 Å². The predicted molar refractivity (Wildman–Crippen MR) is 115 cm³/mol. The number of hydrogen-bond donors (Lipinski definition) is 0. The molecule has 1 aromatic heterocycles. The molecule has 1 spiro atoms. The van der Waals surface area contributed by atoms with Gasteiger partial charge in [0.05, 0.1) is 11.3 Å². The van der Waals surface area contributed by atoms with Gasteiger partial charge in [0, 0.05) is 24.7 Å². The van der Waals surface area contributed by atoms with Crippen molar-refractivity contribution >= 4 is 5.82 Å². The number of halogens is 3. The Balaban J connectivity index is 1.20. The van der Waals surface area contributed by atoms with E-state index in [0.29, 0.717) is 16.7 Å². The molecule has 0 N–H and O–H groups in total. The van der Waals surface area contributed by atoms with Crippen LogP contribution in [-0.4, -0.2) is 47.3 Å². The Morgan fingerprint density at radius 3 is 2.16 bits per heavy atom. The third kappa shape index (κ3) is 4.29. The highest BCUT2D eigenvalue weighted by atomic mass is 19.4. The number of hydrogen-bond acceptors (Lipinski definition) is 4. The van der Waals surface area contributed by atoms with Crippen LogP contribution < -0.4 is 4.90 Å². The first-order valence-corrected chi connectivity index (χ1v) is 11.4. The highest BCUT2D eigenvalue weighted by Crippen LogP contribution is 2.43.